The molecule has 4 rings (SSSR count). The molecular formula is C28H24N2O2. The predicted octanol–water partition coefficient (Wildman–Crippen LogP) is 5.55. The third kappa shape index (κ3) is 5.70. The van der Waals surface area contributed by atoms with Crippen molar-refractivity contribution in [2.45, 2.75) is 12.5 Å². The molecule has 1 N–H and O–H groups in total. The van der Waals surface area contributed by atoms with Crippen LogP contribution in [0.2, 0.25) is 0 Å². The van der Waals surface area contributed by atoms with E-state index in [1.807, 2.05) is 115 Å². The van der Waals surface area contributed by atoms with Crippen LogP contribution >= 0.6 is 0 Å². The van der Waals surface area contributed by atoms with Crippen molar-refractivity contribution < 1.29 is 9.53 Å². The number of hydrogen-bond donors (Lipinski definition) is 1. The molecule has 0 saturated carbocycles. The minimum atomic E-state index is -0.427. The van der Waals surface area contributed by atoms with Gasteiger partial charge in [0, 0.05) is 0 Å². The van der Waals surface area contributed by atoms with Gasteiger partial charge in [-0.1, -0.05) is 91.0 Å². The van der Waals surface area contributed by atoms with Crippen LogP contribution in [0.4, 0.5) is 0 Å². The summed E-state index contributed by atoms with van der Waals surface area (Å²) in [4.78, 5) is 13.0. The quantitative estimate of drug-likeness (QED) is 0.300. The third-order valence-corrected chi connectivity index (χ3v) is 5.04. The number of nitrogens with zero attached hydrogens (tertiary/aromatic N) is 1. The SMILES string of the molecule is O=C(N/N=C/c1ccc(OCc2ccccc2)cc1)C(c1ccccc1)c1ccccc1. The van der Waals surface area contributed by atoms with Crippen molar-refractivity contribution in [1.82, 2.24) is 5.43 Å². The van der Waals surface area contributed by atoms with Gasteiger partial charge in [-0.05, 0) is 46.5 Å². The molecule has 0 aliphatic rings. The van der Waals surface area contributed by atoms with E-state index in [9.17, 15) is 4.79 Å². The molecule has 0 aromatic heterocycles. The van der Waals surface area contributed by atoms with Crippen molar-refractivity contribution in [1.29, 1.82) is 0 Å². The molecule has 0 heterocycles. The number of nitrogens with one attached hydrogen (secondary N) is 1. The molecule has 0 aliphatic heterocycles. The molecule has 4 heteroatoms. The van der Waals surface area contributed by atoms with Crippen LogP contribution in [-0.4, -0.2) is 12.1 Å². The van der Waals surface area contributed by atoms with Crippen molar-refractivity contribution in [3.63, 3.8) is 0 Å². The molecule has 0 radical (unpaired) electrons. The molecule has 0 aliphatic carbocycles. The Morgan fingerprint density at radius 2 is 1.28 bits per heavy atom. The van der Waals surface area contributed by atoms with Crippen molar-refractivity contribution in [2.24, 2.45) is 5.10 Å². The summed E-state index contributed by atoms with van der Waals surface area (Å²) in [6.45, 7) is 0.519. The summed E-state index contributed by atoms with van der Waals surface area (Å²) >= 11 is 0. The molecule has 0 bridgehead atoms. The van der Waals surface area contributed by atoms with Crippen LogP contribution in [0.1, 0.15) is 28.2 Å². The number of ether oxygens (including phenoxy) is 1. The van der Waals surface area contributed by atoms with Crippen molar-refractivity contribution in [3.05, 3.63) is 138 Å². The Morgan fingerprint density at radius 3 is 1.84 bits per heavy atom. The minimum Gasteiger partial charge on any atom is -0.489 e. The van der Waals surface area contributed by atoms with Crippen LogP contribution in [0.25, 0.3) is 0 Å². The van der Waals surface area contributed by atoms with Gasteiger partial charge in [-0.15, -0.1) is 0 Å². The summed E-state index contributed by atoms with van der Waals surface area (Å²) in [5.74, 6) is 0.174. The predicted molar refractivity (Wildman–Crippen MR) is 128 cm³/mol. The van der Waals surface area contributed by atoms with Gasteiger partial charge < -0.3 is 4.74 Å². The van der Waals surface area contributed by atoms with E-state index in [0.29, 0.717) is 6.61 Å². The Balaban J connectivity index is 1.38. The van der Waals surface area contributed by atoms with Gasteiger partial charge in [0.15, 0.2) is 0 Å². The topological polar surface area (TPSA) is 50.7 Å². The van der Waals surface area contributed by atoms with Crippen LogP contribution in [0.5, 0.6) is 5.75 Å². The first kappa shape index (κ1) is 21.1. The van der Waals surface area contributed by atoms with Crippen molar-refractivity contribution >= 4 is 12.1 Å². The number of benzene rings is 4. The van der Waals surface area contributed by atoms with E-state index in [0.717, 1.165) is 28.0 Å². The van der Waals surface area contributed by atoms with Gasteiger partial charge in [0.2, 0.25) is 0 Å². The lowest BCUT2D eigenvalue weighted by molar-refractivity contribution is -0.121. The fourth-order valence-corrected chi connectivity index (χ4v) is 3.41. The number of amides is 1. The highest BCUT2D eigenvalue weighted by molar-refractivity contribution is 5.88. The Bertz CT molecular complexity index is 1100. The number of hydrogen-bond acceptors (Lipinski definition) is 3. The van der Waals surface area contributed by atoms with Crippen LogP contribution in [0.3, 0.4) is 0 Å². The van der Waals surface area contributed by atoms with E-state index in [4.69, 9.17) is 4.74 Å². The largest absolute Gasteiger partial charge is 0.489 e. The van der Waals surface area contributed by atoms with Gasteiger partial charge in [-0.25, -0.2) is 5.43 Å². The summed E-state index contributed by atoms with van der Waals surface area (Å²) in [7, 11) is 0. The second-order valence-electron chi connectivity index (χ2n) is 7.33. The molecule has 4 nitrogen and oxygen atoms in total. The smallest absolute Gasteiger partial charge is 0.252 e. The second-order valence-corrected chi connectivity index (χ2v) is 7.33. The van der Waals surface area contributed by atoms with Crippen LogP contribution in [0, 0.1) is 0 Å². The van der Waals surface area contributed by atoms with Gasteiger partial charge >= 0.3 is 0 Å². The maximum atomic E-state index is 13.0. The Hall–Kier alpha value is -4.18. The number of carbonyl (C=O) groups is 1. The molecule has 0 saturated heterocycles. The summed E-state index contributed by atoms with van der Waals surface area (Å²) in [6.07, 6.45) is 1.63. The summed E-state index contributed by atoms with van der Waals surface area (Å²) < 4.78 is 5.80. The first-order chi connectivity index (χ1) is 15.8. The Morgan fingerprint density at radius 1 is 0.750 bits per heavy atom. The van der Waals surface area contributed by atoms with Gasteiger partial charge in [-0.3, -0.25) is 4.79 Å². The Labute approximate surface area is 188 Å². The lowest BCUT2D eigenvalue weighted by atomic mass is 9.91. The number of rotatable bonds is 8. The van der Waals surface area contributed by atoms with Gasteiger partial charge in [0.1, 0.15) is 12.4 Å². The van der Waals surface area contributed by atoms with Gasteiger partial charge in [0.25, 0.3) is 5.91 Å². The highest BCUT2D eigenvalue weighted by Gasteiger charge is 2.22. The monoisotopic (exact) mass is 420 g/mol. The maximum Gasteiger partial charge on any atom is 0.252 e. The lowest BCUT2D eigenvalue weighted by Crippen LogP contribution is -2.26. The molecule has 0 atom stereocenters. The van der Waals surface area contributed by atoms with E-state index in [1.165, 1.54) is 0 Å². The average Bonchev–Trinajstić information content (AvgIpc) is 2.86. The van der Waals surface area contributed by atoms with Crippen molar-refractivity contribution in [2.75, 3.05) is 0 Å². The number of hydrazone groups is 1. The zero-order chi connectivity index (χ0) is 22.0. The zero-order valence-electron chi connectivity index (χ0n) is 17.6. The van der Waals surface area contributed by atoms with Crippen LogP contribution < -0.4 is 10.2 Å². The van der Waals surface area contributed by atoms with E-state index < -0.39 is 5.92 Å². The van der Waals surface area contributed by atoms with E-state index in [1.54, 1.807) is 6.21 Å². The normalized spacial score (nSPS) is 10.9. The Kier molecular flexibility index (Phi) is 7.06. The first-order valence-electron chi connectivity index (χ1n) is 10.5. The fraction of sp³-hybridized carbons (Fsp3) is 0.0714. The standard InChI is InChI=1S/C28H24N2O2/c31-28(27(24-12-6-2-7-13-24)25-14-8-3-9-15-25)30-29-20-22-16-18-26(19-17-22)32-21-23-10-4-1-5-11-23/h1-20,27H,21H2,(H,30,31)/b29-20+. The highest BCUT2D eigenvalue weighted by Crippen LogP contribution is 2.24. The summed E-state index contributed by atoms with van der Waals surface area (Å²) in [5.41, 5.74) is 6.52. The van der Waals surface area contributed by atoms with Crippen LogP contribution in [-0.2, 0) is 11.4 Å². The van der Waals surface area contributed by atoms with Gasteiger partial charge in [-0.2, -0.15) is 5.10 Å². The molecular weight excluding hydrogens is 396 g/mol. The van der Waals surface area contributed by atoms with Crippen molar-refractivity contribution in [3.8, 4) is 5.75 Å². The maximum absolute atomic E-state index is 13.0. The molecule has 1 amide bonds. The molecule has 0 spiro atoms. The molecule has 158 valence electrons. The highest BCUT2D eigenvalue weighted by atomic mass is 16.5. The molecule has 4 aromatic rings. The minimum absolute atomic E-state index is 0.179. The molecule has 32 heavy (non-hydrogen) atoms. The van der Waals surface area contributed by atoms with Gasteiger partial charge in [0.05, 0.1) is 12.1 Å². The third-order valence-electron chi connectivity index (χ3n) is 5.04. The van der Waals surface area contributed by atoms with E-state index in [-0.39, 0.29) is 5.91 Å². The molecule has 0 fully saturated rings. The fourth-order valence-electron chi connectivity index (χ4n) is 3.41. The van der Waals surface area contributed by atoms with E-state index >= 15 is 0 Å². The number of carbonyl (C=O) groups excluding carboxylic acids is 1. The first-order valence-corrected chi connectivity index (χ1v) is 10.5. The lowest BCUT2D eigenvalue weighted by Gasteiger charge is -2.16. The summed E-state index contributed by atoms with van der Waals surface area (Å²) in [6, 6.07) is 37.0. The zero-order valence-corrected chi connectivity index (χ0v) is 17.6. The molecule has 0 unspecified atom stereocenters. The summed E-state index contributed by atoms with van der Waals surface area (Å²) in [5, 5.41) is 4.17. The second kappa shape index (κ2) is 10.7. The van der Waals surface area contributed by atoms with Crippen LogP contribution in [0.15, 0.2) is 120 Å². The average molecular weight is 421 g/mol. The molecule has 4 aromatic carbocycles. The van der Waals surface area contributed by atoms with E-state index in [2.05, 4.69) is 10.5 Å².